The first kappa shape index (κ1) is 51.6. The number of amides is 1. The zero-order chi connectivity index (χ0) is 47.0. The highest BCUT2D eigenvalue weighted by Crippen LogP contribution is 2.44. The summed E-state index contributed by atoms with van der Waals surface area (Å²) in [6.07, 6.45) is 10.7. The number of rotatable bonds is 5. The molecule has 1 aliphatic carbocycles. The van der Waals surface area contributed by atoms with E-state index in [2.05, 4.69) is 0 Å². The van der Waals surface area contributed by atoms with E-state index < -0.39 is 83.9 Å². The molecule has 0 radical (unpaired) electrons. The van der Waals surface area contributed by atoms with E-state index in [1.807, 2.05) is 51.2 Å². The Balaban J connectivity index is 1.49. The normalized spacial score (nSPS) is 42.3. The average Bonchev–Trinajstić information content (AvgIpc) is 3.36. The van der Waals surface area contributed by atoms with Gasteiger partial charge in [-0.2, -0.15) is 0 Å². The average molecular weight is 898 g/mol. The Kier molecular flexibility index (Phi) is 18.5. The molecule has 16 atom stereocenters. The number of carbonyl (C=O) groups excluding carboxylic acids is 5. The second kappa shape index (κ2) is 22.9. The summed E-state index contributed by atoms with van der Waals surface area (Å²) < 4.78 is 29.4. The summed E-state index contributed by atoms with van der Waals surface area (Å²) in [5.41, 5.74) is 1.28. The molecular weight excluding hydrogens is 823 g/mol. The molecule has 0 spiro atoms. The zero-order valence-corrected chi connectivity index (χ0v) is 39.5. The van der Waals surface area contributed by atoms with Crippen LogP contribution in [0.25, 0.3) is 0 Å². The second-order valence-corrected chi connectivity index (χ2v) is 19.6. The predicted molar refractivity (Wildman–Crippen MR) is 238 cm³/mol. The van der Waals surface area contributed by atoms with E-state index >= 15 is 0 Å². The molecule has 5 aliphatic rings. The Morgan fingerprint density at radius 3 is 2.25 bits per heavy atom. The number of methoxy groups -OCH3 is 3. The Labute approximate surface area is 379 Å². The lowest BCUT2D eigenvalue weighted by atomic mass is 9.71. The van der Waals surface area contributed by atoms with Crippen LogP contribution in [-0.4, -0.2) is 132 Å². The first-order valence-corrected chi connectivity index (χ1v) is 23.5. The zero-order valence-electron chi connectivity index (χ0n) is 39.5. The maximum Gasteiger partial charge on any atom is 0.329 e. The largest absolute Gasteiger partial charge is 0.460 e. The van der Waals surface area contributed by atoms with Crippen molar-refractivity contribution in [3.8, 4) is 0 Å². The quantitative estimate of drug-likeness (QED) is 0.181. The molecule has 1 saturated carbocycles. The van der Waals surface area contributed by atoms with Crippen LogP contribution in [0, 0.1) is 41.4 Å². The highest BCUT2D eigenvalue weighted by atomic mass is 16.6. The molecule has 14 heteroatoms. The van der Waals surface area contributed by atoms with Gasteiger partial charge in [0.15, 0.2) is 5.78 Å². The van der Waals surface area contributed by atoms with Gasteiger partial charge < -0.3 is 43.9 Å². The molecule has 0 aromatic carbocycles. The van der Waals surface area contributed by atoms with Gasteiger partial charge in [0.25, 0.3) is 11.7 Å². The molecule has 4 heterocycles. The van der Waals surface area contributed by atoms with Crippen molar-refractivity contribution in [3.05, 3.63) is 47.6 Å². The van der Waals surface area contributed by atoms with E-state index in [9.17, 15) is 39.3 Å². The topological polar surface area (TPSA) is 195 Å². The van der Waals surface area contributed by atoms with Crippen molar-refractivity contribution in [1.29, 1.82) is 0 Å². The number of piperidine rings is 1. The van der Waals surface area contributed by atoms with Crippen molar-refractivity contribution < 1.29 is 63.0 Å². The molecule has 0 aromatic rings. The number of nitrogens with zero attached hydrogens (tertiary/aromatic N) is 1. The molecule has 64 heavy (non-hydrogen) atoms. The number of fused-ring (bicyclic) bond motifs is 5. The molecule has 4 aliphatic heterocycles. The Morgan fingerprint density at radius 1 is 0.828 bits per heavy atom. The summed E-state index contributed by atoms with van der Waals surface area (Å²) in [4.78, 5) is 71.8. The Morgan fingerprint density at radius 2 is 1.56 bits per heavy atom. The highest BCUT2D eigenvalue weighted by molar-refractivity contribution is 6.39. The van der Waals surface area contributed by atoms with Crippen molar-refractivity contribution in [3.63, 3.8) is 0 Å². The number of ketones is 3. The van der Waals surface area contributed by atoms with Crippen LogP contribution < -0.4 is 0 Å². The fourth-order valence-electron chi connectivity index (χ4n) is 10.8. The highest BCUT2D eigenvalue weighted by Gasteiger charge is 2.55. The molecular formula is C50H75NO13. The number of aliphatic hydroxyl groups is 3. The lowest BCUT2D eigenvalue weighted by Crippen LogP contribution is -2.61. The number of hydrogen-bond donors (Lipinski definition) is 3. The van der Waals surface area contributed by atoms with Gasteiger partial charge in [-0.25, -0.2) is 4.79 Å². The summed E-state index contributed by atoms with van der Waals surface area (Å²) in [7, 11) is 4.53. The molecule has 3 N–H and O–H groups in total. The number of Topliss-reactive ketones (excluding diaryl/α,β-unsaturated/α-hetero) is 3. The molecule has 4 fully saturated rings. The van der Waals surface area contributed by atoms with E-state index in [0.717, 1.165) is 12.0 Å². The minimum atomic E-state index is -2.42. The molecule has 358 valence electrons. The van der Waals surface area contributed by atoms with Gasteiger partial charge >= 0.3 is 5.97 Å². The molecule has 5 bridgehead atoms. The van der Waals surface area contributed by atoms with E-state index in [4.69, 9.17) is 23.7 Å². The van der Waals surface area contributed by atoms with Crippen LogP contribution >= 0.6 is 0 Å². The SMILES string of the molecule is CO[C@H]1C[C@@H]2CC[C@@H](C)[C@@](O)(O2)C(=O)C(=O)N2CC[C@H]3C[C@H]2C(=O)O[C@@H](CC(=O)[C@H](C)/C=C(\C)[C@H](O)[C@@H](OC)C(=O)[C@H](C)C[C@H](C)/C=C/C=C/C=C1C)C3C[C@@H]1CC[C@@H](O)[C@H](OC)C1. The van der Waals surface area contributed by atoms with Crippen molar-refractivity contribution in [2.75, 3.05) is 27.9 Å². The summed E-state index contributed by atoms with van der Waals surface area (Å²) in [5, 5.41) is 34.0. The summed E-state index contributed by atoms with van der Waals surface area (Å²) in [5.74, 6) is -7.96. The van der Waals surface area contributed by atoms with Gasteiger partial charge in [-0.15, -0.1) is 0 Å². The van der Waals surface area contributed by atoms with E-state index in [-0.39, 0.29) is 60.7 Å². The first-order valence-electron chi connectivity index (χ1n) is 23.5. The first-order chi connectivity index (χ1) is 30.3. The fraction of sp³-hybridized carbons (Fsp3) is 0.740. The number of hydrogen-bond acceptors (Lipinski definition) is 13. The smallest absolute Gasteiger partial charge is 0.329 e. The third-order valence-corrected chi connectivity index (χ3v) is 15.0. The van der Waals surface area contributed by atoms with E-state index in [1.54, 1.807) is 41.1 Å². The molecule has 0 aromatic heterocycles. The van der Waals surface area contributed by atoms with Crippen LogP contribution in [-0.2, 0) is 47.7 Å². The second-order valence-electron chi connectivity index (χ2n) is 19.6. The fourth-order valence-corrected chi connectivity index (χ4v) is 10.8. The van der Waals surface area contributed by atoms with Gasteiger partial charge in [-0.05, 0) is 106 Å². The third-order valence-electron chi connectivity index (χ3n) is 15.0. The number of ether oxygens (including phenoxy) is 5. The van der Waals surface area contributed by atoms with Gasteiger partial charge in [-0.3, -0.25) is 19.2 Å². The van der Waals surface area contributed by atoms with Crippen molar-refractivity contribution in [2.24, 2.45) is 41.4 Å². The van der Waals surface area contributed by atoms with Crippen LogP contribution in [0.1, 0.15) is 112 Å². The molecule has 3 saturated heterocycles. The minimum absolute atomic E-state index is 0.0230. The van der Waals surface area contributed by atoms with Crippen LogP contribution in [0.4, 0.5) is 0 Å². The molecule has 1 unspecified atom stereocenters. The maximum atomic E-state index is 14.3. The van der Waals surface area contributed by atoms with Crippen molar-refractivity contribution in [2.45, 2.75) is 167 Å². The van der Waals surface area contributed by atoms with Crippen molar-refractivity contribution in [1.82, 2.24) is 4.90 Å². The van der Waals surface area contributed by atoms with Crippen molar-refractivity contribution >= 4 is 29.2 Å². The van der Waals surface area contributed by atoms with Gasteiger partial charge in [-0.1, -0.05) is 64.2 Å². The van der Waals surface area contributed by atoms with Gasteiger partial charge in [0, 0.05) is 58.5 Å². The Hall–Kier alpha value is -3.37. The van der Waals surface area contributed by atoms with Gasteiger partial charge in [0.1, 0.15) is 30.1 Å². The maximum absolute atomic E-state index is 14.3. The van der Waals surface area contributed by atoms with Crippen LogP contribution in [0.3, 0.4) is 0 Å². The monoisotopic (exact) mass is 898 g/mol. The number of allylic oxidation sites excluding steroid dienone is 6. The van der Waals surface area contributed by atoms with E-state index in [1.165, 1.54) is 12.0 Å². The van der Waals surface area contributed by atoms with Gasteiger partial charge in [0.05, 0.1) is 24.4 Å². The van der Waals surface area contributed by atoms with Crippen LogP contribution in [0.2, 0.25) is 0 Å². The van der Waals surface area contributed by atoms with Gasteiger partial charge in [0.2, 0.25) is 5.79 Å². The minimum Gasteiger partial charge on any atom is -0.460 e. The Bertz CT molecular complexity index is 1790. The summed E-state index contributed by atoms with van der Waals surface area (Å²) >= 11 is 0. The molecule has 5 rings (SSSR count). The number of carbonyl (C=O) groups is 5. The van der Waals surface area contributed by atoms with Crippen LogP contribution in [0.15, 0.2) is 47.6 Å². The van der Waals surface area contributed by atoms with Crippen LogP contribution in [0.5, 0.6) is 0 Å². The number of esters is 1. The molecule has 1 amide bonds. The lowest BCUT2D eigenvalue weighted by molar-refractivity contribution is -0.265. The summed E-state index contributed by atoms with van der Waals surface area (Å²) in [6, 6.07) is -1.12. The summed E-state index contributed by atoms with van der Waals surface area (Å²) in [6.45, 7) is 10.8. The lowest BCUT2D eigenvalue weighted by Gasteiger charge is -2.43. The third kappa shape index (κ3) is 12.1. The predicted octanol–water partition coefficient (Wildman–Crippen LogP) is 5.40. The molecule has 14 nitrogen and oxygen atoms in total. The standard InChI is InChI=1S/C50H75NO13/c1-28-13-11-10-12-14-29(2)41(60-7)26-36-17-15-33(6)50(59,64-36)47(56)48(57)51-20-19-35-25-38(51)49(58)63-42(37(35)23-34-16-18-39(52)43(24-34)61-8)27-40(53)30(3)22-32(5)45(55)46(62-9)44(54)31(4)21-28/h10-14,22,28,30-31,33-39,41-43,45-46,52,55,59H,15-21,23-27H2,1-9H3/b12-10+,13-11+,29-14?,32-22+/t28-,30-,31-,33-,34+,35+,36+,37?,38+,39-,41+,42+,43-,45+,46+,50-/m1/s1. The van der Waals surface area contributed by atoms with E-state index in [0.29, 0.717) is 56.9 Å². The number of aliphatic hydroxyl groups excluding tert-OH is 2.